The molecule has 0 atom stereocenters. The molecule has 0 aliphatic rings. The van der Waals surface area contributed by atoms with Crippen LogP contribution in [0.5, 0.6) is 0 Å². The largest absolute Gasteiger partial charge is 0.440 e. The molecule has 100 valence electrons. The SMILES string of the molecule is CS(=O)(=O)c1ccc(NC(=O)c2ccc(Cl)o2)cc1. The first-order valence-electron chi connectivity index (χ1n) is 5.23. The zero-order chi connectivity index (χ0) is 14.0. The van der Waals surface area contributed by atoms with Crippen molar-refractivity contribution in [2.45, 2.75) is 4.90 Å². The molecule has 0 unspecified atom stereocenters. The first-order chi connectivity index (χ1) is 8.86. The lowest BCUT2D eigenvalue weighted by Gasteiger charge is -2.04. The second-order valence-electron chi connectivity index (χ2n) is 3.85. The average Bonchev–Trinajstić information content (AvgIpc) is 2.75. The minimum Gasteiger partial charge on any atom is -0.440 e. The Labute approximate surface area is 115 Å². The van der Waals surface area contributed by atoms with Gasteiger partial charge < -0.3 is 9.73 Å². The fraction of sp³-hybridized carbons (Fsp3) is 0.0833. The van der Waals surface area contributed by atoms with Gasteiger partial charge in [0.15, 0.2) is 20.8 Å². The van der Waals surface area contributed by atoms with Crippen LogP contribution in [0.2, 0.25) is 5.22 Å². The van der Waals surface area contributed by atoms with Gasteiger partial charge >= 0.3 is 0 Å². The highest BCUT2D eigenvalue weighted by molar-refractivity contribution is 7.90. The monoisotopic (exact) mass is 299 g/mol. The molecule has 1 N–H and O–H groups in total. The van der Waals surface area contributed by atoms with E-state index >= 15 is 0 Å². The maximum Gasteiger partial charge on any atom is 0.291 e. The van der Waals surface area contributed by atoms with Crippen molar-refractivity contribution in [1.82, 2.24) is 0 Å². The average molecular weight is 300 g/mol. The van der Waals surface area contributed by atoms with Crippen molar-refractivity contribution in [3.63, 3.8) is 0 Å². The summed E-state index contributed by atoms with van der Waals surface area (Å²) in [5.41, 5.74) is 0.463. The predicted molar refractivity (Wildman–Crippen MR) is 71.2 cm³/mol. The van der Waals surface area contributed by atoms with Crippen LogP contribution in [0.4, 0.5) is 5.69 Å². The molecule has 1 heterocycles. The smallest absolute Gasteiger partial charge is 0.291 e. The van der Waals surface area contributed by atoms with Crippen molar-refractivity contribution in [2.24, 2.45) is 0 Å². The highest BCUT2D eigenvalue weighted by Gasteiger charge is 2.11. The molecule has 1 amide bonds. The summed E-state index contributed by atoms with van der Waals surface area (Å²) in [6, 6.07) is 8.74. The Bertz CT molecular complexity index is 704. The van der Waals surface area contributed by atoms with E-state index in [4.69, 9.17) is 16.0 Å². The summed E-state index contributed by atoms with van der Waals surface area (Å²) in [5, 5.41) is 2.69. The molecule has 2 rings (SSSR count). The van der Waals surface area contributed by atoms with E-state index in [1.54, 1.807) is 0 Å². The van der Waals surface area contributed by atoms with Crippen molar-refractivity contribution >= 4 is 33.0 Å². The molecule has 0 spiro atoms. The first-order valence-corrected chi connectivity index (χ1v) is 7.50. The van der Waals surface area contributed by atoms with Gasteiger partial charge in [0.1, 0.15) is 0 Å². The summed E-state index contributed by atoms with van der Waals surface area (Å²) in [5.74, 6) is -0.379. The molecule has 0 bridgehead atoms. The summed E-state index contributed by atoms with van der Waals surface area (Å²) in [7, 11) is -3.25. The van der Waals surface area contributed by atoms with Gasteiger partial charge in [-0.05, 0) is 48.0 Å². The molecule has 2 aromatic rings. The maximum atomic E-state index is 11.7. The van der Waals surface area contributed by atoms with E-state index in [0.717, 1.165) is 6.26 Å². The number of anilines is 1. The second kappa shape index (κ2) is 5.07. The number of sulfone groups is 1. The summed E-state index contributed by atoms with van der Waals surface area (Å²) in [6.45, 7) is 0. The summed E-state index contributed by atoms with van der Waals surface area (Å²) in [6.07, 6.45) is 1.12. The zero-order valence-electron chi connectivity index (χ0n) is 9.88. The molecular weight excluding hydrogens is 290 g/mol. The number of rotatable bonds is 3. The number of hydrogen-bond donors (Lipinski definition) is 1. The lowest BCUT2D eigenvalue weighted by molar-refractivity contribution is 0.0997. The van der Waals surface area contributed by atoms with E-state index in [0.29, 0.717) is 5.69 Å². The number of halogens is 1. The van der Waals surface area contributed by atoms with Gasteiger partial charge in [-0.3, -0.25) is 4.79 Å². The van der Waals surface area contributed by atoms with Crippen LogP contribution in [0.15, 0.2) is 45.7 Å². The quantitative estimate of drug-likeness (QED) is 0.945. The molecule has 7 heteroatoms. The summed E-state index contributed by atoms with van der Waals surface area (Å²) < 4.78 is 27.5. The highest BCUT2D eigenvalue weighted by atomic mass is 35.5. The second-order valence-corrected chi connectivity index (χ2v) is 6.24. The van der Waals surface area contributed by atoms with Crippen LogP contribution >= 0.6 is 11.6 Å². The molecule has 19 heavy (non-hydrogen) atoms. The fourth-order valence-electron chi connectivity index (χ4n) is 1.41. The topological polar surface area (TPSA) is 76.4 Å². The Morgan fingerprint density at radius 3 is 2.26 bits per heavy atom. The Morgan fingerprint density at radius 1 is 1.16 bits per heavy atom. The third-order valence-electron chi connectivity index (χ3n) is 2.34. The molecule has 1 aromatic heterocycles. The Morgan fingerprint density at radius 2 is 1.79 bits per heavy atom. The number of amides is 1. The van der Waals surface area contributed by atoms with E-state index in [2.05, 4.69) is 5.32 Å². The zero-order valence-corrected chi connectivity index (χ0v) is 11.5. The van der Waals surface area contributed by atoms with Crippen molar-refractivity contribution in [1.29, 1.82) is 0 Å². The van der Waals surface area contributed by atoms with Crippen LogP contribution < -0.4 is 5.32 Å². The van der Waals surface area contributed by atoms with Crippen molar-refractivity contribution in [3.8, 4) is 0 Å². The number of hydrogen-bond acceptors (Lipinski definition) is 4. The maximum absolute atomic E-state index is 11.7. The van der Waals surface area contributed by atoms with Crippen LogP contribution in [0, 0.1) is 0 Å². The number of furan rings is 1. The van der Waals surface area contributed by atoms with Crippen LogP contribution in [-0.4, -0.2) is 20.6 Å². The van der Waals surface area contributed by atoms with Gasteiger partial charge in [0, 0.05) is 11.9 Å². The van der Waals surface area contributed by atoms with E-state index < -0.39 is 15.7 Å². The molecule has 0 aliphatic heterocycles. The lowest BCUT2D eigenvalue weighted by Crippen LogP contribution is -2.10. The Hall–Kier alpha value is -1.79. The van der Waals surface area contributed by atoms with Gasteiger partial charge in [0.05, 0.1) is 4.90 Å². The summed E-state index contributed by atoms with van der Waals surface area (Å²) >= 11 is 5.57. The molecule has 5 nitrogen and oxygen atoms in total. The predicted octanol–water partition coefficient (Wildman–Crippen LogP) is 2.59. The normalized spacial score (nSPS) is 11.3. The van der Waals surface area contributed by atoms with Crippen molar-refractivity contribution < 1.29 is 17.6 Å². The van der Waals surface area contributed by atoms with Gasteiger partial charge in [0.25, 0.3) is 5.91 Å². The fourth-order valence-corrected chi connectivity index (χ4v) is 2.19. The first kappa shape index (κ1) is 13.6. The Balaban J connectivity index is 2.14. The molecule has 0 fully saturated rings. The van der Waals surface area contributed by atoms with E-state index in [-0.39, 0.29) is 15.9 Å². The minimum absolute atomic E-state index is 0.0807. The Kier molecular flexibility index (Phi) is 3.64. The van der Waals surface area contributed by atoms with Crippen molar-refractivity contribution in [3.05, 3.63) is 47.4 Å². The lowest BCUT2D eigenvalue weighted by atomic mass is 10.3. The van der Waals surface area contributed by atoms with Gasteiger partial charge in [0.2, 0.25) is 0 Å². The molecule has 0 saturated heterocycles. The molecule has 0 saturated carbocycles. The van der Waals surface area contributed by atoms with Gasteiger partial charge in [-0.2, -0.15) is 0 Å². The number of benzene rings is 1. The van der Waals surface area contributed by atoms with Crippen LogP contribution in [0.3, 0.4) is 0 Å². The van der Waals surface area contributed by atoms with E-state index in [1.165, 1.54) is 36.4 Å². The molecular formula is C12H10ClNO4S. The standard InChI is InChI=1S/C12H10ClNO4S/c1-19(16,17)9-4-2-8(3-5-9)14-12(15)10-6-7-11(13)18-10/h2-7H,1H3,(H,14,15). The van der Waals surface area contributed by atoms with Gasteiger partial charge in [-0.25, -0.2) is 8.42 Å². The molecule has 1 aromatic carbocycles. The van der Waals surface area contributed by atoms with E-state index in [9.17, 15) is 13.2 Å². The third kappa shape index (κ3) is 3.36. The van der Waals surface area contributed by atoms with Crippen LogP contribution in [0.25, 0.3) is 0 Å². The van der Waals surface area contributed by atoms with Crippen LogP contribution in [-0.2, 0) is 9.84 Å². The van der Waals surface area contributed by atoms with Crippen molar-refractivity contribution in [2.75, 3.05) is 11.6 Å². The minimum atomic E-state index is -3.25. The highest BCUT2D eigenvalue weighted by Crippen LogP contribution is 2.17. The van der Waals surface area contributed by atoms with E-state index in [1.807, 2.05) is 0 Å². The number of carbonyl (C=O) groups is 1. The number of carbonyl (C=O) groups excluding carboxylic acids is 1. The number of nitrogens with one attached hydrogen (secondary N) is 1. The third-order valence-corrected chi connectivity index (χ3v) is 3.67. The van der Waals surface area contributed by atoms with Gasteiger partial charge in [-0.15, -0.1) is 0 Å². The molecule has 0 radical (unpaired) electrons. The van der Waals surface area contributed by atoms with Gasteiger partial charge in [-0.1, -0.05) is 0 Å². The van der Waals surface area contributed by atoms with Crippen LogP contribution in [0.1, 0.15) is 10.6 Å². The molecule has 0 aliphatic carbocycles. The summed E-state index contributed by atoms with van der Waals surface area (Å²) in [4.78, 5) is 11.9.